The van der Waals surface area contributed by atoms with Crippen LogP contribution in [0.25, 0.3) is 5.69 Å². The van der Waals surface area contributed by atoms with Crippen LogP contribution in [0.3, 0.4) is 0 Å². The van der Waals surface area contributed by atoms with Gasteiger partial charge in [0.25, 0.3) is 0 Å². The Morgan fingerprint density at radius 1 is 1.15 bits per heavy atom. The molecule has 0 bridgehead atoms. The molecule has 0 saturated heterocycles. The van der Waals surface area contributed by atoms with Crippen molar-refractivity contribution in [2.75, 3.05) is 0 Å². The van der Waals surface area contributed by atoms with Crippen molar-refractivity contribution in [1.82, 2.24) is 9.78 Å². The molecule has 1 aromatic heterocycles. The summed E-state index contributed by atoms with van der Waals surface area (Å²) in [6.07, 6.45) is 2.92. The van der Waals surface area contributed by atoms with E-state index in [1.54, 1.807) is 36.4 Å². The first-order valence-electron chi connectivity index (χ1n) is 7.38. The zero-order chi connectivity index (χ0) is 18.8. The van der Waals surface area contributed by atoms with Crippen LogP contribution in [0.1, 0.15) is 22.8 Å². The minimum atomic E-state index is -0.514. The largest absolute Gasteiger partial charge is 0.426 e. The first-order valence-corrected chi connectivity index (χ1v) is 8.93. The van der Waals surface area contributed by atoms with E-state index < -0.39 is 5.97 Å². The molecule has 0 unspecified atom stereocenters. The predicted octanol–water partition coefficient (Wildman–Crippen LogP) is 5.10. The predicted molar refractivity (Wildman–Crippen MR) is 102 cm³/mol. The molecule has 3 aromatic rings. The maximum absolute atomic E-state index is 12.9. The summed E-state index contributed by atoms with van der Waals surface area (Å²) < 4.78 is 7.23. The smallest absolute Gasteiger partial charge is 0.308 e. The van der Waals surface area contributed by atoms with Crippen molar-refractivity contribution in [3.05, 3.63) is 74.4 Å². The van der Waals surface area contributed by atoms with Crippen LogP contribution in [0, 0.1) is 0 Å². The van der Waals surface area contributed by atoms with Gasteiger partial charge in [0.15, 0.2) is 5.78 Å². The van der Waals surface area contributed by atoms with Gasteiger partial charge in [0.05, 0.1) is 27.4 Å². The summed E-state index contributed by atoms with van der Waals surface area (Å²) in [4.78, 5) is 24.2. The van der Waals surface area contributed by atoms with Crippen molar-refractivity contribution in [2.45, 2.75) is 6.92 Å². The third-order valence-corrected chi connectivity index (χ3v) is 4.55. The monoisotopic (exact) mass is 452 g/mol. The molecule has 3 rings (SSSR count). The van der Waals surface area contributed by atoms with Crippen LogP contribution in [-0.2, 0) is 4.79 Å². The van der Waals surface area contributed by atoms with Gasteiger partial charge >= 0.3 is 5.97 Å². The number of esters is 1. The number of carbonyl (C=O) groups is 2. The number of carbonyl (C=O) groups excluding carboxylic acids is 2. The van der Waals surface area contributed by atoms with Crippen LogP contribution < -0.4 is 4.74 Å². The van der Waals surface area contributed by atoms with Gasteiger partial charge in [0, 0.05) is 17.6 Å². The normalized spacial score (nSPS) is 10.6. The second kappa shape index (κ2) is 7.61. The second-order valence-electron chi connectivity index (χ2n) is 5.31. The van der Waals surface area contributed by atoms with E-state index in [-0.39, 0.29) is 17.1 Å². The fourth-order valence-electron chi connectivity index (χ4n) is 2.35. The van der Waals surface area contributed by atoms with Crippen molar-refractivity contribution in [3.8, 4) is 11.4 Å². The quantitative estimate of drug-likeness (QED) is 0.313. The SMILES string of the molecule is CC(=O)Oc1ccc(Br)cc1C(=O)c1cnn(-c2c(Cl)cccc2Cl)c1. The molecule has 0 aliphatic heterocycles. The van der Waals surface area contributed by atoms with Crippen molar-refractivity contribution in [3.63, 3.8) is 0 Å². The highest BCUT2D eigenvalue weighted by Gasteiger charge is 2.19. The molecule has 132 valence electrons. The lowest BCUT2D eigenvalue weighted by Gasteiger charge is -2.08. The first kappa shape index (κ1) is 18.6. The van der Waals surface area contributed by atoms with E-state index in [1.807, 2.05) is 0 Å². The maximum Gasteiger partial charge on any atom is 0.308 e. The molecule has 0 amide bonds. The minimum absolute atomic E-state index is 0.175. The van der Waals surface area contributed by atoms with E-state index >= 15 is 0 Å². The Hall–Kier alpha value is -2.15. The molecule has 0 radical (unpaired) electrons. The fourth-order valence-corrected chi connectivity index (χ4v) is 3.28. The van der Waals surface area contributed by atoms with Crippen molar-refractivity contribution in [1.29, 1.82) is 0 Å². The van der Waals surface area contributed by atoms with Gasteiger partial charge in [0.1, 0.15) is 11.4 Å². The van der Waals surface area contributed by atoms with Crippen LogP contribution in [-0.4, -0.2) is 21.5 Å². The molecule has 0 fully saturated rings. The number of para-hydroxylation sites is 1. The summed E-state index contributed by atoms with van der Waals surface area (Å²) in [5.41, 5.74) is 1.01. The number of ketones is 1. The Bertz CT molecular complexity index is 997. The number of ether oxygens (including phenoxy) is 1. The van der Waals surface area contributed by atoms with Gasteiger partial charge in [-0.3, -0.25) is 9.59 Å². The van der Waals surface area contributed by atoms with E-state index in [0.29, 0.717) is 25.8 Å². The third-order valence-electron chi connectivity index (χ3n) is 3.45. The van der Waals surface area contributed by atoms with Crippen molar-refractivity contribution in [2.24, 2.45) is 0 Å². The topological polar surface area (TPSA) is 61.2 Å². The molecule has 26 heavy (non-hydrogen) atoms. The van der Waals surface area contributed by atoms with E-state index in [9.17, 15) is 9.59 Å². The van der Waals surface area contributed by atoms with E-state index in [1.165, 1.54) is 24.0 Å². The average Bonchev–Trinajstić information content (AvgIpc) is 3.05. The lowest BCUT2D eigenvalue weighted by molar-refractivity contribution is -0.131. The van der Waals surface area contributed by atoms with E-state index in [4.69, 9.17) is 27.9 Å². The van der Waals surface area contributed by atoms with Gasteiger partial charge in [-0.25, -0.2) is 4.68 Å². The Morgan fingerprint density at radius 3 is 2.50 bits per heavy atom. The fraction of sp³-hybridized carbons (Fsp3) is 0.0556. The van der Waals surface area contributed by atoms with E-state index in [2.05, 4.69) is 21.0 Å². The van der Waals surface area contributed by atoms with Crippen LogP contribution in [0.4, 0.5) is 0 Å². The summed E-state index contributed by atoms with van der Waals surface area (Å²) in [5, 5.41) is 4.99. The maximum atomic E-state index is 12.9. The summed E-state index contributed by atoms with van der Waals surface area (Å²) >= 11 is 15.7. The molecular formula is C18H11BrCl2N2O3. The molecule has 0 aliphatic carbocycles. The highest BCUT2D eigenvalue weighted by atomic mass is 79.9. The standard InChI is InChI=1S/C18H11BrCl2N2O3/c1-10(24)26-16-6-5-12(19)7-13(16)18(25)11-8-22-23(9-11)17-14(20)3-2-4-15(17)21/h2-9H,1H3. The van der Waals surface area contributed by atoms with Gasteiger partial charge < -0.3 is 4.74 Å². The highest BCUT2D eigenvalue weighted by Crippen LogP contribution is 2.29. The molecule has 2 aromatic carbocycles. The average molecular weight is 454 g/mol. The second-order valence-corrected chi connectivity index (χ2v) is 7.04. The molecule has 0 N–H and O–H groups in total. The molecular weight excluding hydrogens is 443 g/mol. The van der Waals surface area contributed by atoms with Crippen LogP contribution >= 0.6 is 39.1 Å². The number of aromatic nitrogens is 2. The number of benzene rings is 2. The number of rotatable bonds is 4. The van der Waals surface area contributed by atoms with Gasteiger partial charge in [-0.1, -0.05) is 45.2 Å². The zero-order valence-electron chi connectivity index (χ0n) is 13.4. The molecule has 8 heteroatoms. The van der Waals surface area contributed by atoms with Crippen LogP contribution in [0.2, 0.25) is 10.0 Å². The number of halogens is 3. The Morgan fingerprint density at radius 2 is 1.85 bits per heavy atom. The summed E-state index contributed by atoms with van der Waals surface area (Å²) in [5.74, 6) is -0.689. The number of hydrogen-bond donors (Lipinski definition) is 0. The zero-order valence-corrected chi connectivity index (χ0v) is 16.5. The third kappa shape index (κ3) is 3.82. The highest BCUT2D eigenvalue weighted by molar-refractivity contribution is 9.10. The molecule has 0 atom stereocenters. The van der Waals surface area contributed by atoms with Crippen LogP contribution in [0.15, 0.2) is 53.3 Å². The number of nitrogens with zero attached hydrogens (tertiary/aromatic N) is 2. The van der Waals surface area contributed by atoms with Crippen molar-refractivity contribution >= 4 is 50.9 Å². The molecule has 5 nitrogen and oxygen atoms in total. The van der Waals surface area contributed by atoms with Gasteiger partial charge in [-0.2, -0.15) is 5.10 Å². The Labute approximate surface area is 167 Å². The lowest BCUT2D eigenvalue weighted by Crippen LogP contribution is -2.08. The first-order chi connectivity index (χ1) is 12.4. The Balaban J connectivity index is 2.02. The molecule has 1 heterocycles. The molecule has 0 saturated carbocycles. The van der Waals surface area contributed by atoms with Crippen LogP contribution in [0.5, 0.6) is 5.75 Å². The van der Waals surface area contributed by atoms with Gasteiger partial charge in [0.2, 0.25) is 0 Å². The molecule has 0 spiro atoms. The summed E-state index contributed by atoms with van der Waals surface area (Å²) in [6, 6.07) is 9.89. The van der Waals surface area contributed by atoms with Crippen molar-refractivity contribution < 1.29 is 14.3 Å². The van der Waals surface area contributed by atoms with Gasteiger partial charge in [-0.05, 0) is 30.3 Å². The lowest BCUT2D eigenvalue weighted by atomic mass is 10.1. The number of hydrogen-bond acceptors (Lipinski definition) is 4. The molecule has 0 aliphatic rings. The summed E-state index contributed by atoms with van der Waals surface area (Å²) in [6.45, 7) is 1.27. The minimum Gasteiger partial charge on any atom is -0.426 e. The van der Waals surface area contributed by atoms with Gasteiger partial charge in [-0.15, -0.1) is 0 Å². The summed E-state index contributed by atoms with van der Waals surface area (Å²) in [7, 11) is 0. The van der Waals surface area contributed by atoms with E-state index in [0.717, 1.165) is 0 Å². The Kier molecular flexibility index (Phi) is 5.46.